The average Bonchev–Trinajstić information content (AvgIpc) is 2.76. The summed E-state index contributed by atoms with van der Waals surface area (Å²) in [5, 5.41) is 0. The number of aryl methyl sites for hydroxylation is 1. The Bertz CT molecular complexity index is 338. The number of aromatic nitrogens is 2. The van der Waals surface area contributed by atoms with Crippen molar-refractivity contribution in [2.45, 2.75) is 25.6 Å². The van der Waals surface area contributed by atoms with Gasteiger partial charge in [0.05, 0.1) is 30.8 Å². The van der Waals surface area contributed by atoms with Crippen LogP contribution >= 0.6 is 0 Å². The fourth-order valence-corrected chi connectivity index (χ4v) is 2.32. The van der Waals surface area contributed by atoms with E-state index in [0.717, 1.165) is 19.7 Å². The van der Waals surface area contributed by atoms with Gasteiger partial charge in [0.25, 0.3) is 0 Å². The number of ether oxygens (including phenoxy) is 1. The van der Waals surface area contributed by atoms with Crippen LogP contribution in [0.15, 0.2) is 12.5 Å². The highest BCUT2D eigenvalue weighted by Crippen LogP contribution is 2.27. The van der Waals surface area contributed by atoms with Gasteiger partial charge in [0.15, 0.2) is 0 Å². The van der Waals surface area contributed by atoms with Gasteiger partial charge in [-0.15, -0.1) is 0 Å². The Morgan fingerprint density at radius 3 is 3.12 bits per heavy atom. The van der Waals surface area contributed by atoms with E-state index in [0.29, 0.717) is 6.54 Å². The molecule has 2 rings (SSSR count). The second-order valence-electron chi connectivity index (χ2n) is 4.17. The lowest BCUT2D eigenvalue weighted by atomic mass is 10.0. The molecule has 5 nitrogen and oxygen atoms in total. The van der Waals surface area contributed by atoms with Gasteiger partial charge < -0.3 is 15.0 Å². The molecule has 1 aliphatic heterocycles. The Kier molecular flexibility index (Phi) is 3.58. The monoisotopic (exact) mass is 224 g/mol. The molecule has 1 aromatic heterocycles. The second kappa shape index (κ2) is 4.95. The first-order valence-corrected chi connectivity index (χ1v) is 5.79. The van der Waals surface area contributed by atoms with Gasteiger partial charge >= 0.3 is 0 Å². The Hall–Kier alpha value is -0.910. The summed E-state index contributed by atoms with van der Waals surface area (Å²) in [4.78, 5) is 6.51. The fraction of sp³-hybridized carbons (Fsp3) is 0.727. The first-order valence-electron chi connectivity index (χ1n) is 5.79. The highest BCUT2D eigenvalue weighted by Gasteiger charge is 2.32. The van der Waals surface area contributed by atoms with Crippen molar-refractivity contribution >= 4 is 0 Å². The zero-order valence-electron chi connectivity index (χ0n) is 9.97. The van der Waals surface area contributed by atoms with E-state index in [9.17, 15) is 0 Å². The molecule has 2 unspecified atom stereocenters. The van der Waals surface area contributed by atoms with Crippen molar-refractivity contribution in [3.8, 4) is 0 Å². The van der Waals surface area contributed by atoms with Crippen LogP contribution in [0.2, 0.25) is 0 Å². The van der Waals surface area contributed by atoms with E-state index < -0.39 is 0 Å². The van der Waals surface area contributed by atoms with Crippen LogP contribution < -0.4 is 5.73 Å². The molecule has 16 heavy (non-hydrogen) atoms. The standard InChI is InChI=1S/C11H20N4O/c1-3-15-8-13-7-9(15)11-10(6-12)16-5-4-14(11)2/h7-8,10-11H,3-6,12H2,1-2H3. The zero-order valence-corrected chi connectivity index (χ0v) is 9.97. The number of hydrogen-bond acceptors (Lipinski definition) is 4. The lowest BCUT2D eigenvalue weighted by molar-refractivity contribution is -0.0600. The lowest BCUT2D eigenvalue weighted by Crippen LogP contribution is -2.47. The van der Waals surface area contributed by atoms with E-state index >= 15 is 0 Å². The maximum atomic E-state index is 5.77. The van der Waals surface area contributed by atoms with Crippen LogP contribution in [0.25, 0.3) is 0 Å². The van der Waals surface area contributed by atoms with Gasteiger partial charge in [-0.2, -0.15) is 0 Å². The second-order valence-corrected chi connectivity index (χ2v) is 4.17. The first-order chi connectivity index (χ1) is 7.77. The van der Waals surface area contributed by atoms with Crippen molar-refractivity contribution in [1.29, 1.82) is 0 Å². The fourth-order valence-electron chi connectivity index (χ4n) is 2.32. The van der Waals surface area contributed by atoms with Crippen LogP contribution in [0.5, 0.6) is 0 Å². The van der Waals surface area contributed by atoms with Crippen LogP contribution in [0, 0.1) is 0 Å². The van der Waals surface area contributed by atoms with E-state index in [4.69, 9.17) is 10.5 Å². The molecule has 1 aliphatic rings. The van der Waals surface area contributed by atoms with Crippen LogP contribution in [0.4, 0.5) is 0 Å². The highest BCUT2D eigenvalue weighted by atomic mass is 16.5. The third-order valence-corrected chi connectivity index (χ3v) is 3.22. The van der Waals surface area contributed by atoms with E-state index in [1.54, 1.807) is 0 Å². The lowest BCUT2D eigenvalue weighted by Gasteiger charge is -2.38. The SMILES string of the molecule is CCn1cncc1C1C(CN)OCCN1C. The number of nitrogens with zero attached hydrogens (tertiary/aromatic N) is 3. The Morgan fingerprint density at radius 1 is 1.62 bits per heavy atom. The van der Waals surface area contributed by atoms with Gasteiger partial charge in [0.1, 0.15) is 0 Å². The van der Waals surface area contributed by atoms with Crippen molar-refractivity contribution in [3.05, 3.63) is 18.2 Å². The molecule has 0 aliphatic carbocycles. The van der Waals surface area contributed by atoms with Crippen LogP contribution in [-0.2, 0) is 11.3 Å². The summed E-state index contributed by atoms with van der Waals surface area (Å²) in [6, 6.07) is 0.223. The smallest absolute Gasteiger partial charge is 0.0948 e. The molecule has 0 amide bonds. The van der Waals surface area contributed by atoms with Crippen LogP contribution in [0.3, 0.4) is 0 Å². The summed E-state index contributed by atoms with van der Waals surface area (Å²) >= 11 is 0. The Labute approximate surface area is 96.2 Å². The number of imidazole rings is 1. The summed E-state index contributed by atoms with van der Waals surface area (Å²) in [7, 11) is 2.11. The number of rotatable bonds is 3. The van der Waals surface area contributed by atoms with Gasteiger partial charge in [-0.3, -0.25) is 4.90 Å². The zero-order chi connectivity index (χ0) is 11.5. The predicted octanol–water partition coefficient (Wildman–Crippen LogP) is 0.233. The van der Waals surface area contributed by atoms with Gasteiger partial charge in [0.2, 0.25) is 0 Å². The molecule has 0 aromatic carbocycles. The Morgan fingerprint density at radius 2 is 2.44 bits per heavy atom. The third-order valence-electron chi connectivity index (χ3n) is 3.22. The summed E-state index contributed by atoms with van der Waals surface area (Å²) in [6.07, 6.45) is 3.86. The van der Waals surface area contributed by atoms with Crippen LogP contribution in [0.1, 0.15) is 18.7 Å². The molecular weight excluding hydrogens is 204 g/mol. The maximum absolute atomic E-state index is 5.77. The first kappa shape index (κ1) is 11.6. The summed E-state index contributed by atoms with van der Waals surface area (Å²) in [6.45, 7) is 5.29. The summed E-state index contributed by atoms with van der Waals surface area (Å²) in [5.41, 5.74) is 6.97. The van der Waals surface area contributed by atoms with E-state index in [2.05, 4.69) is 28.4 Å². The minimum Gasteiger partial charge on any atom is -0.374 e. The molecular formula is C11H20N4O. The topological polar surface area (TPSA) is 56.3 Å². The number of nitrogens with two attached hydrogens (primary N) is 1. The van der Waals surface area contributed by atoms with Crippen molar-refractivity contribution < 1.29 is 4.74 Å². The normalized spacial score (nSPS) is 27.2. The van der Waals surface area contributed by atoms with Crippen LogP contribution in [-0.4, -0.2) is 47.3 Å². The molecule has 0 spiro atoms. The van der Waals surface area contributed by atoms with E-state index in [1.165, 1.54) is 5.69 Å². The molecule has 90 valence electrons. The Balaban J connectivity index is 2.28. The van der Waals surface area contributed by atoms with Crippen molar-refractivity contribution in [3.63, 3.8) is 0 Å². The molecule has 1 saturated heterocycles. The van der Waals surface area contributed by atoms with Crippen molar-refractivity contribution in [2.75, 3.05) is 26.7 Å². The molecule has 0 radical (unpaired) electrons. The van der Waals surface area contributed by atoms with Crippen molar-refractivity contribution in [2.24, 2.45) is 5.73 Å². The molecule has 5 heteroatoms. The summed E-state index contributed by atoms with van der Waals surface area (Å²) in [5.74, 6) is 0. The van der Waals surface area contributed by atoms with Gasteiger partial charge in [-0.25, -0.2) is 4.98 Å². The van der Waals surface area contributed by atoms with Gasteiger partial charge in [0, 0.05) is 25.8 Å². The maximum Gasteiger partial charge on any atom is 0.0948 e. The molecule has 0 saturated carbocycles. The highest BCUT2D eigenvalue weighted by molar-refractivity contribution is 5.09. The summed E-state index contributed by atoms with van der Waals surface area (Å²) < 4.78 is 7.88. The number of hydrogen-bond donors (Lipinski definition) is 1. The number of likely N-dealkylation sites (N-methyl/N-ethyl adjacent to an activating group) is 1. The third kappa shape index (κ3) is 1.98. The molecule has 2 atom stereocenters. The quantitative estimate of drug-likeness (QED) is 0.798. The average molecular weight is 224 g/mol. The predicted molar refractivity (Wildman–Crippen MR) is 62.1 cm³/mol. The molecule has 1 fully saturated rings. The molecule has 0 bridgehead atoms. The molecule has 2 heterocycles. The molecule has 1 aromatic rings. The van der Waals surface area contributed by atoms with Gasteiger partial charge in [-0.05, 0) is 14.0 Å². The number of morpholine rings is 1. The largest absolute Gasteiger partial charge is 0.374 e. The van der Waals surface area contributed by atoms with E-state index in [-0.39, 0.29) is 12.1 Å². The van der Waals surface area contributed by atoms with Crippen molar-refractivity contribution in [1.82, 2.24) is 14.5 Å². The minimum atomic E-state index is 0.0701. The van der Waals surface area contributed by atoms with E-state index in [1.807, 2.05) is 12.5 Å². The molecule has 2 N–H and O–H groups in total. The van der Waals surface area contributed by atoms with Gasteiger partial charge in [-0.1, -0.05) is 0 Å². The minimum absolute atomic E-state index is 0.0701.